The zero-order chi connectivity index (χ0) is 24.9. The van der Waals surface area contributed by atoms with E-state index in [1.54, 1.807) is 60.1 Å². The Morgan fingerprint density at radius 2 is 1.67 bits per heavy atom. The van der Waals surface area contributed by atoms with Gasteiger partial charge in [-0.3, -0.25) is 9.59 Å². The lowest BCUT2D eigenvalue weighted by atomic mass is 10.1. The highest BCUT2D eigenvalue weighted by molar-refractivity contribution is 7.07. The summed E-state index contributed by atoms with van der Waals surface area (Å²) in [6, 6.07) is 17.3. The molecule has 2 N–H and O–H groups in total. The Labute approximate surface area is 211 Å². The van der Waals surface area contributed by atoms with Crippen LogP contribution in [0.3, 0.4) is 0 Å². The third kappa shape index (κ3) is 5.47. The van der Waals surface area contributed by atoms with Crippen molar-refractivity contribution in [3.8, 4) is 17.2 Å². The van der Waals surface area contributed by atoms with Gasteiger partial charge in [0.05, 0.1) is 11.2 Å². The highest BCUT2D eigenvalue weighted by atomic mass is 32.1. The Bertz CT molecular complexity index is 1390. The van der Waals surface area contributed by atoms with Crippen molar-refractivity contribution in [2.45, 2.75) is 13.5 Å². The zero-order valence-corrected chi connectivity index (χ0v) is 20.3. The van der Waals surface area contributed by atoms with Gasteiger partial charge in [-0.05, 0) is 67.1 Å². The van der Waals surface area contributed by atoms with E-state index in [1.807, 2.05) is 18.4 Å². The number of thiazole rings is 1. The lowest BCUT2D eigenvalue weighted by molar-refractivity contribution is 0.101. The maximum absolute atomic E-state index is 12.8. The largest absolute Gasteiger partial charge is 0.487 e. The predicted molar refractivity (Wildman–Crippen MR) is 137 cm³/mol. The second-order valence-corrected chi connectivity index (χ2v) is 8.81. The highest BCUT2D eigenvalue weighted by Gasteiger charge is 2.16. The Hall–Kier alpha value is -4.37. The molecule has 0 spiro atoms. The molecule has 2 amide bonds. The first-order chi connectivity index (χ1) is 17.5. The van der Waals surface area contributed by atoms with Crippen LogP contribution in [0.15, 0.2) is 71.6 Å². The number of anilines is 2. The van der Waals surface area contributed by atoms with Gasteiger partial charge in [0.2, 0.25) is 0 Å². The van der Waals surface area contributed by atoms with E-state index >= 15 is 0 Å². The molecule has 0 unspecified atom stereocenters. The minimum atomic E-state index is -0.290. The van der Waals surface area contributed by atoms with Gasteiger partial charge in [-0.15, -0.1) is 11.3 Å². The number of carbonyl (C=O) groups is 2. The summed E-state index contributed by atoms with van der Waals surface area (Å²) in [6.45, 7) is 3.19. The second kappa shape index (κ2) is 10.5. The number of rotatable bonds is 7. The third-order valence-electron chi connectivity index (χ3n) is 5.53. The first kappa shape index (κ1) is 23.4. The molecule has 4 aromatic rings. The van der Waals surface area contributed by atoms with Crippen LogP contribution in [-0.2, 0) is 6.61 Å². The molecule has 5 rings (SSSR count). The average molecular weight is 502 g/mol. The number of nitrogens with one attached hydrogen (secondary N) is 2. The number of benzene rings is 3. The molecule has 2 heterocycles. The molecule has 0 atom stereocenters. The number of nitrogens with zero attached hydrogens (tertiary/aromatic N) is 1. The molecule has 1 aliphatic rings. The summed E-state index contributed by atoms with van der Waals surface area (Å²) in [5, 5.41) is 7.72. The lowest BCUT2D eigenvalue weighted by Gasteiger charge is -2.18. The van der Waals surface area contributed by atoms with Crippen LogP contribution in [0, 0.1) is 6.92 Å². The summed E-state index contributed by atoms with van der Waals surface area (Å²) in [5.74, 6) is 1.27. The van der Waals surface area contributed by atoms with Crippen molar-refractivity contribution in [2.24, 2.45) is 0 Å². The molecular formula is C27H23N3O5S. The van der Waals surface area contributed by atoms with Gasteiger partial charge in [0.15, 0.2) is 11.5 Å². The van der Waals surface area contributed by atoms with Gasteiger partial charge in [-0.1, -0.05) is 6.07 Å². The number of ether oxygens (including phenoxy) is 3. The van der Waals surface area contributed by atoms with Gasteiger partial charge in [0, 0.05) is 27.9 Å². The first-order valence-electron chi connectivity index (χ1n) is 11.3. The van der Waals surface area contributed by atoms with E-state index in [0.29, 0.717) is 59.6 Å². The van der Waals surface area contributed by atoms with Crippen LogP contribution in [0.5, 0.6) is 17.2 Å². The fourth-order valence-electron chi connectivity index (χ4n) is 3.59. The minimum Gasteiger partial charge on any atom is -0.487 e. The van der Waals surface area contributed by atoms with Crippen molar-refractivity contribution in [1.82, 2.24) is 4.98 Å². The van der Waals surface area contributed by atoms with Gasteiger partial charge in [0.1, 0.15) is 25.6 Å². The molecule has 3 aromatic carbocycles. The monoisotopic (exact) mass is 501 g/mol. The van der Waals surface area contributed by atoms with E-state index in [2.05, 4.69) is 15.6 Å². The molecule has 8 nitrogen and oxygen atoms in total. The number of aromatic nitrogens is 1. The highest BCUT2D eigenvalue weighted by Crippen LogP contribution is 2.31. The van der Waals surface area contributed by atoms with Crippen molar-refractivity contribution < 1.29 is 23.8 Å². The molecule has 0 aliphatic carbocycles. The second-order valence-electron chi connectivity index (χ2n) is 8.09. The molecule has 0 fully saturated rings. The summed E-state index contributed by atoms with van der Waals surface area (Å²) in [5.41, 5.74) is 5.57. The molecule has 182 valence electrons. The maximum Gasteiger partial charge on any atom is 0.255 e. The Morgan fingerprint density at radius 1 is 0.917 bits per heavy atom. The summed E-state index contributed by atoms with van der Waals surface area (Å²) in [4.78, 5) is 29.8. The standard InChI is InChI=1S/C27H23N3O5S/c1-17-2-6-20(29-27(32)19-5-9-24-25(12-19)34-11-10-33-24)13-23(17)30-26(31)18-3-7-22(8-4-18)35-14-21-15-36-16-28-21/h2-9,12-13,15-16H,10-11,14H2,1H3,(H,29,32)(H,30,31). The molecule has 1 aromatic heterocycles. The number of aryl methyl sites for hydroxylation is 1. The third-order valence-corrected chi connectivity index (χ3v) is 6.17. The first-order valence-corrected chi connectivity index (χ1v) is 12.2. The van der Waals surface area contributed by atoms with E-state index in [0.717, 1.165) is 11.3 Å². The quantitative estimate of drug-likeness (QED) is 0.356. The molecule has 0 saturated heterocycles. The van der Waals surface area contributed by atoms with Gasteiger partial charge >= 0.3 is 0 Å². The van der Waals surface area contributed by atoms with E-state index in [4.69, 9.17) is 14.2 Å². The summed E-state index contributed by atoms with van der Waals surface area (Å²) < 4.78 is 16.8. The van der Waals surface area contributed by atoms with Crippen LogP contribution < -0.4 is 24.8 Å². The van der Waals surface area contributed by atoms with Crippen molar-refractivity contribution in [1.29, 1.82) is 0 Å². The normalized spacial score (nSPS) is 12.0. The molecule has 1 aliphatic heterocycles. The Balaban J connectivity index is 1.23. The van der Waals surface area contributed by atoms with Crippen molar-refractivity contribution in [3.05, 3.63) is 93.9 Å². The van der Waals surface area contributed by atoms with Crippen molar-refractivity contribution in [3.63, 3.8) is 0 Å². The van der Waals surface area contributed by atoms with Crippen molar-refractivity contribution >= 4 is 34.5 Å². The van der Waals surface area contributed by atoms with Gasteiger partial charge < -0.3 is 24.8 Å². The fourth-order valence-corrected chi connectivity index (χ4v) is 4.13. The smallest absolute Gasteiger partial charge is 0.255 e. The SMILES string of the molecule is Cc1ccc(NC(=O)c2ccc3c(c2)OCCO3)cc1NC(=O)c1ccc(OCc2cscn2)cc1. The van der Waals surface area contributed by atoms with E-state index in [1.165, 1.54) is 11.3 Å². The van der Waals surface area contributed by atoms with E-state index in [-0.39, 0.29) is 11.8 Å². The van der Waals surface area contributed by atoms with Crippen LogP contribution in [0.2, 0.25) is 0 Å². The summed E-state index contributed by atoms with van der Waals surface area (Å²) in [6.07, 6.45) is 0. The molecule has 0 bridgehead atoms. The molecule has 9 heteroatoms. The van der Waals surface area contributed by atoms with Crippen LogP contribution >= 0.6 is 11.3 Å². The van der Waals surface area contributed by atoms with Gasteiger partial charge in [-0.2, -0.15) is 0 Å². The lowest BCUT2D eigenvalue weighted by Crippen LogP contribution is -2.17. The van der Waals surface area contributed by atoms with Crippen molar-refractivity contribution in [2.75, 3.05) is 23.8 Å². The minimum absolute atomic E-state index is 0.264. The number of amides is 2. The van der Waals surface area contributed by atoms with Gasteiger partial charge in [-0.25, -0.2) is 4.98 Å². The Morgan fingerprint density at radius 3 is 2.44 bits per heavy atom. The number of fused-ring (bicyclic) bond motifs is 1. The molecular weight excluding hydrogens is 478 g/mol. The van der Waals surface area contributed by atoms with Crippen LogP contribution in [0.25, 0.3) is 0 Å². The fraction of sp³-hybridized carbons (Fsp3) is 0.148. The molecule has 36 heavy (non-hydrogen) atoms. The van der Waals surface area contributed by atoms with Crippen LogP contribution in [0.1, 0.15) is 32.0 Å². The van der Waals surface area contributed by atoms with E-state index < -0.39 is 0 Å². The number of hydrogen-bond acceptors (Lipinski definition) is 7. The topological polar surface area (TPSA) is 98.8 Å². The zero-order valence-electron chi connectivity index (χ0n) is 19.4. The van der Waals surface area contributed by atoms with Gasteiger partial charge in [0.25, 0.3) is 11.8 Å². The predicted octanol–water partition coefficient (Wildman–Crippen LogP) is 5.31. The van der Waals surface area contributed by atoms with Crippen LogP contribution in [0.4, 0.5) is 11.4 Å². The number of hydrogen-bond donors (Lipinski definition) is 2. The molecule has 0 saturated carbocycles. The van der Waals surface area contributed by atoms with E-state index in [9.17, 15) is 9.59 Å². The molecule has 0 radical (unpaired) electrons. The number of carbonyl (C=O) groups excluding carboxylic acids is 2. The maximum atomic E-state index is 12.8. The summed E-state index contributed by atoms with van der Waals surface area (Å²) >= 11 is 1.51. The summed E-state index contributed by atoms with van der Waals surface area (Å²) in [7, 11) is 0. The average Bonchev–Trinajstić information content (AvgIpc) is 3.43. The Kier molecular flexibility index (Phi) is 6.81. The van der Waals surface area contributed by atoms with Crippen LogP contribution in [-0.4, -0.2) is 30.0 Å².